The zero-order valence-corrected chi connectivity index (χ0v) is 16.5. The Labute approximate surface area is 161 Å². The minimum atomic E-state index is -0.363. The second-order valence-electron chi connectivity index (χ2n) is 5.22. The largest absolute Gasteiger partial charge is 0.345 e. The van der Waals surface area contributed by atoms with Gasteiger partial charge in [0.05, 0.1) is 16.0 Å². The molecule has 9 heteroatoms. The number of fused-ring (bicyclic) bond motifs is 1. The van der Waals surface area contributed by atoms with Crippen molar-refractivity contribution in [2.75, 3.05) is 5.75 Å². The molecule has 3 aromatic rings. The SMILES string of the molecule is Cn1cc(Br)cc1C(=O)NNC(=O)CSCc1nc2ccccc2s1. The Hall–Kier alpha value is -1.84. The summed E-state index contributed by atoms with van der Waals surface area (Å²) >= 11 is 6.39. The van der Waals surface area contributed by atoms with Gasteiger partial charge >= 0.3 is 0 Å². The predicted molar refractivity (Wildman–Crippen MR) is 105 cm³/mol. The van der Waals surface area contributed by atoms with Gasteiger partial charge in [0.2, 0.25) is 5.91 Å². The van der Waals surface area contributed by atoms with Gasteiger partial charge in [0.25, 0.3) is 5.91 Å². The van der Waals surface area contributed by atoms with Gasteiger partial charge in [-0.15, -0.1) is 23.1 Å². The summed E-state index contributed by atoms with van der Waals surface area (Å²) in [5, 5.41) is 0.983. The number of hydrogen-bond donors (Lipinski definition) is 2. The second-order valence-corrected chi connectivity index (χ2v) is 8.24. The summed E-state index contributed by atoms with van der Waals surface area (Å²) in [6, 6.07) is 9.64. The van der Waals surface area contributed by atoms with E-state index in [1.54, 1.807) is 35.2 Å². The Kier molecular flexibility index (Phi) is 5.77. The zero-order chi connectivity index (χ0) is 17.8. The molecule has 0 spiro atoms. The fraction of sp³-hybridized carbons (Fsp3) is 0.188. The average Bonchev–Trinajstić information content (AvgIpc) is 3.14. The van der Waals surface area contributed by atoms with E-state index < -0.39 is 0 Å². The highest BCUT2D eigenvalue weighted by molar-refractivity contribution is 9.10. The van der Waals surface area contributed by atoms with Crippen molar-refractivity contribution in [2.45, 2.75) is 5.75 Å². The van der Waals surface area contributed by atoms with Crippen molar-refractivity contribution in [3.63, 3.8) is 0 Å². The molecule has 2 N–H and O–H groups in total. The van der Waals surface area contributed by atoms with Crippen molar-refractivity contribution in [3.8, 4) is 0 Å². The maximum atomic E-state index is 12.0. The summed E-state index contributed by atoms with van der Waals surface area (Å²) in [5.41, 5.74) is 6.28. The highest BCUT2D eigenvalue weighted by Crippen LogP contribution is 2.24. The molecule has 0 bridgehead atoms. The number of thioether (sulfide) groups is 1. The molecular weight excluding hydrogens is 424 g/mol. The lowest BCUT2D eigenvalue weighted by Gasteiger charge is -2.07. The molecule has 2 aromatic heterocycles. The Balaban J connectivity index is 1.43. The van der Waals surface area contributed by atoms with Crippen molar-refractivity contribution < 1.29 is 9.59 Å². The highest BCUT2D eigenvalue weighted by Gasteiger charge is 2.12. The first kappa shape index (κ1) is 18.0. The van der Waals surface area contributed by atoms with Crippen LogP contribution in [0.3, 0.4) is 0 Å². The first-order valence-corrected chi connectivity index (χ1v) is 10.1. The van der Waals surface area contributed by atoms with Crippen LogP contribution in [0.5, 0.6) is 0 Å². The molecule has 1 aromatic carbocycles. The van der Waals surface area contributed by atoms with Gasteiger partial charge in [0.1, 0.15) is 10.7 Å². The molecule has 2 amide bonds. The lowest BCUT2D eigenvalue weighted by atomic mass is 10.3. The van der Waals surface area contributed by atoms with Crippen LogP contribution >= 0.6 is 39.0 Å². The van der Waals surface area contributed by atoms with Crippen LogP contribution in [0, 0.1) is 0 Å². The summed E-state index contributed by atoms with van der Waals surface area (Å²) in [6.45, 7) is 0. The number of aryl methyl sites for hydroxylation is 1. The van der Waals surface area contributed by atoms with Crippen LogP contribution in [0.15, 0.2) is 41.0 Å². The van der Waals surface area contributed by atoms with Gasteiger partial charge < -0.3 is 4.57 Å². The number of nitrogens with zero attached hydrogens (tertiary/aromatic N) is 2. The van der Waals surface area contributed by atoms with Crippen molar-refractivity contribution in [2.24, 2.45) is 7.05 Å². The Morgan fingerprint density at radius 2 is 2.12 bits per heavy atom. The van der Waals surface area contributed by atoms with Gasteiger partial charge in [-0.25, -0.2) is 4.98 Å². The normalized spacial score (nSPS) is 10.8. The molecule has 0 aliphatic heterocycles. The van der Waals surface area contributed by atoms with Gasteiger partial charge in [-0.1, -0.05) is 12.1 Å². The van der Waals surface area contributed by atoms with E-state index in [4.69, 9.17) is 0 Å². The second kappa shape index (κ2) is 8.03. The first-order valence-electron chi connectivity index (χ1n) is 7.36. The van der Waals surface area contributed by atoms with E-state index in [2.05, 4.69) is 31.8 Å². The lowest BCUT2D eigenvalue weighted by Crippen LogP contribution is -2.43. The third-order valence-corrected chi connectivity index (χ3v) is 5.91. The summed E-state index contributed by atoms with van der Waals surface area (Å²) in [7, 11) is 1.76. The molecule has 0 aliphatic carbocycles. The minimum absolute atomic E-state index is 0.243. The summed E-state index contributed by atoms with van der Waals surface area (Å²) in [4.78, 5) is 28.4. The monoisotopic (exact) mass is 438 g/mol. The molecular formula is C16H15BrN4O2S2. The van der Waals surface area contributed by atoms with E-state index in [0.29, 0.717) is 11.4 Å². The number of rotatable bonds is 5. The molecule has 2 heterocycles. The van der Waals surface area contributed by atoms with E-state index in [1.165, 1.54) is 11.8 Å². The molecule has 0 saturated carbocycles. The summed E-state index contributed by atoms with van der Waals surface area (Å²) in [5.74, 6) is 0.281. The maximum Gasteiger partial charge on any atom is 0.286 e. The van der Waals surface area contributed by atoms with Crippen LogP contribution in [0.2, 0.25) is 0 Å². The van der Waals surface area contributed by atoms with Gasteiger partial charge in [-0.3, -0.25) is 20.4 Å². The van der Waals surface area contributed by atoms with Crippen molar-refractivity contribution in [3.05, 3.63) is 51.7 Å². The summed E-state index contributed by atoms with van der Waals surface area (Å²) < 4.78 is 3.62. The average molecular weight is 439 g/mol. The third kappa shape index (κ3) is 4.62. The van der Waals surface area contributed by atoms with Crippen LogP contribution in [0.4, 0.5) is 0 Å². The quantitative estimate of drug-likeness (QED) is 0.600. The fourth-order valence-corrected chi connectivity index (χ4v) is 4.56. The Morgan fingerprint density at radius 1 is 1.32 bits per heavy atom. The molecule has 0 atom stereocenters. The number of hydrazine groups is 1. The van der Waals surface area contributed by atoms with E-state index >= 15 is 0 Å². The molecule has 0 radical (unpaired) electrons. The van der Waals surface area contributed by atoms with Crippen LogP contribution in [-0.2, 0) is 17.6 Å². The van der Waals surface area contributed by atoms with Crippen LogP contribution in [0.25, 0.3) is 10.2 Å². The van der Waals surface area contributed by atoms with Crippen molar-refractivity contribution in [1.82, 2.24) is 20.4 Å². The lowest BCUT2D eigenvalue weighted by molar-refractivity contribution is -0.119. The highest BCUT2D eigenvalue weighted by atomic mass is 79.9. The molecule has 0 fully saturated rings. The number of benzene rings is 1. The number of carbonyl (C=O) groups is 2. The molecule has 0 unspecified atom stereocenters. The van der Waals surface area contributed by atoms with Gasteiger partial charge in [-0.2, -0.15) is 0 Å². The smallest absolute Gasteiger partial charge is 0.286 e. The standard InChI is InChI=1S/C16H15BrN4O2S2/c1-21-7-10(17)6-12(21)16(23)20-19-14(22)8-24-9-15-18-11-4-2-3-5-13(11)25-15/h2-7H,8-9H2,1H3,(H,19,22)(H,20,23). The third-order valence-electron chi connectivity index (χ3n) is 3.32. The molecule has 130 valence electrons. The van der Waals surface area contributed by atoms with Crippen molar-refractivity contribution >= 4 is 61.1 Å². The van der Waals surface area contributed by atoms with Crippen LogP contribution < -0.4 is 10.9 Å². The number of amides is 2. The molecule has 6 nitrogen and oxygen atoms in total. The number of carbonyl (C=O) groups excluding carboxylic acids is 2. The topological polar surface area (TPSA) is 76.0 Å². The Morgan fingerprint density at radius 3 is 2.84 bits per heavy atom. The predicted octanol–water partition coefficient (Wildman–Crippen LogP) is 3.09. The number of para-hydroxylation sites is 1. The van der Waals surface area contributed by atoms with Crippen LogP contribution in [-0.4, -0.2) is 27.1 Å². The minimum Gasteiger partial charge on any atom is -0.345 e. The van der Waals surface area contributed by atoms with E-state index in [9.17, 15) is 9.59 Å². The Bertz CT molecular complexity index is 889. The molecule has 0 aliphatic rings. The zero-order valence-electron chi connectivity index (χ0n) is 13.3. The van der Waals surface area contributed by atoms with Crippen molar-refractivity contribution in [1.29, 1.82) is 0 Å². The van der Waals surface area contributed by atoms with E-state index in [-0.39, 0.29) is 17.6 Å². The van der Waals surface area contributed by atoms with Gasteiger partial charge in [0.15, 0.2) is 0 Å². The molecule has 3 rings (SSSR count). The molecule has 0 saturated heterocycles. The summed E-state index contributed by atoms with van der Waals surface area (Å²) in [6.07, 6.45) is 1.77. The molecule has 25 heavy (non-hydrogen) atoms. The number of hydrogen-bond acceptors (Lipinski definition) is 5. The van der Waals surface area contributed by atoms with E-state index in [1.807, 2.05) is 24.3 Å². The number of thiazole rings is 1. The number of aromatic nitrogens is 2. The number of halogens is 1. The van der Waals surface area contributed by atoms with E-state index in [0.717, 1.165) is 19.7 Å². The van der Waals surface area contributed by atoms with Gasteiger partial charge in [0, 0.05) is 23.5 Å². The first-order chi connectivity index (χ1) is 12.0. The van der Waals surface area contributed by atoms with Crippen LogP contribution in [0.1, 0.15) is 15.5 Å². The van der Waals surface area contributed by atoms with Gasteiger partial charge in [-0.05, 0) is 34.1 Å². The fourth-order valence-electron chi connectivity index (χ4n) is 2.19. The number of nitrogens with one attached hydrogen (secondary N) is 2. The maximum absolute atomic E-state index is 12.0.